The number of likely N-dealkylation sites (tertiary alicyclic amines) is 1. The molecule has 1 fully saturated rings. The minimum absolute atomic E-state index is 0. The number of hydrogen-bond donors (Lipinski definition) is 2. The number of hydrazone groups is 1. The first-order valence-electron chi connectivity index (χ1n) is 12.0. The molecule has 1 aliphatic rings. The normalized spacial score (nSPS) is 15.7. The highest BCUT2D eigenvalue weighted by Crippen LogP contribution is 2.23. The number of carbonyl (C=O) groups is 1. The van der Waals surface area contributed by atoms with Crippen LogP contribution in [0.2, 0.25) is 0 Å². The topological polar surface area (TPSA) is 144 Å². The summed E-state index contributed by atoms with van der Waals surface area (Å²) in [5, 5.41) is 19.8. The van der Waals surface area contributed by atoms with Crippen LogP contribution in [0.3, 0.4) is 0 Å². The number of aromatic nitrogens is 5. The zero-order chi connectivity index (χ0) is 24.8. The molecule has 0 saturated carbocycles. The molecule has 1 atom stereocenters. The number of nitrogens with zero attached hydrogens (tertiary/aromatic N) is 8. The Morgan fingerprint density at radius 3 is 2.57 bits per heavy atom. The predicted molar refractivity (Wildman–Crippen MR) is 147 cm³/mol. The second kappa shape index (κ2) is 13.9. The fraction of sp³-hybridized carbons (Fsp3) is 0.478. The van der Waals surface area contributed by atoms with Crippen molar-refractivity contribution in [3.05, 3.63) is 41.2 Å². The van der Waals surface area contributed by atoms with Crippen LogP contribution in [0.1, 0.15) is 61.8 Å². The summed E-state index contributed by atoms with van der Waals surface area (Å²) in [6, 6.07) is 8.37. The van der Waals surface area contributed by atoms with Crippen LogP contribution in [-0.2, 0) is 6.54 Å². The third-order valence-electron chi connectivity index (χ3n) is 6.37. The van der Waals surface area contributed by atoms with Gasteiger partial charge in [-0.2, -0.15) is 9.78 Å². The summed E-state index contributed by atoms with van der Waals surface area (Å²) in [5.74, 6) is -0.198. The summed E-state index contributed by atoms with van der Waals surface area (Å²) in [6.45, 7) is 9.68. The quantitative estimate of drug-likeness (QED) is 0.302. The van der Waals surface area contributed by atoms with Crippen molar-refractivity contribution in [3.63, 3.8) is 0 Å². The maximum absolute atomic E-state index is 13.0. The molecule has 3 N–H and O–H groups in total. The van der Waals surface area contributed by atoms with Gasteiger partial charge in [0, 0.05) is 31.4 Å². The van der Waals surface area contributed by atoms with Crippen molar-refractivity contribution in [2.75, 3.05) is 30.3 Å². The van der Waals surface area contributed by atoms with E-state index in [9.17, 15) is 4.79 Å². The van der Waals surface area contributed by atoms with Gasteiger partial charge < -0.3 is 10.6 Å². The second-order valence-corrected chi connectivity index (χ2v) is 8.55. The van der Waals surface area contributed by atoms with Crippen LogP contribution in [0, 0.1) is 0 Å². The Balaban J connectivity index is 0.00000241. The highest BCUT2D eigenvalue weighted by atomic mass is 35.5. The van der Waals surface area contributed by atoms with E-state index in [0.29, 0.717) is 18.3 Å². The number of carbonyl (C=O) groups excluding carboxylic acids is 1. The summed E-state index contributed by atoms with van der Waals surface area (Å²) >= 11 is 0. The number of nitrogens with one attached hydrogen (secondary N) is 1. The minimum Gasteiger partial charge on any atom is -0.378 e. The van der Waals surface area contributed by atoms with Gasteiger partial charge in [-0.05, 0) is 68.2 Å². The summed E-state index contributed by atoms with van der Waals surface area (Å²) in [7, 11) is 0. The first-order chi connectivity index (χ1) is 17.0. The Morgan fingerprint density at radius 2 is 1.95 bits per heavy atom. The molecule has 14 heteroatoms. The highest BCUT2D eigenvalue weighted by molar-refractivity contribution is 5.94. The van der Waals surface area contributed by atoms with E-state index in [1.807, 2.05) is 24.3 Å². The molecule has 4 rings (SSSR count). The van der Waals surface area contributed by atoms with Gasteiger partial charge in [0.2, 0.25) is 11.6 Å². The van der Waals surface area contributed by atoms with Crippen LogP contribution in [0.25, 0.3) is 5.82 Å². The maximum atomic E-state index is 13.0. The lowest BCUT2D eigenvalue weighted by molar-refractivity contribution is 0.0945. The molecule has 202 valence electrons. The molecule has 0 radical (unpaired) electrons. The maximum Gasteiger partial charge on any atom is 0.293 e. The molecule has 0 bridgehead atoms. The van der Waals surface area contributed by atoms with E-state index in [1.165, 1.54) is 11.1 Å². The van der Waals surface area contributed by atoms with Gasteiger partial charge in [0.1, 0.15) is 0 Å². The van der Waals surface area contributed by atoms with Gasteiger partial charge in [0.05, 0.1) is 11.9 Å². The van der Waals surface area contributed by atoms with E-state index in [-0.39, 0.29) is 42.1 Å². The molecule has 12 nitrogen and oxygen atoms in total. The van der Waals surface area contributed by atoms with Crippen LogP contribution in [0.4, 0.5) is 11.5 Å². The smallest absolute Gasteiger partial charge is 0.293 e. The van der Waals surface area contributed by atoms with E-state index in [1.54, 1.807) is 6.21 Å². The van der Waals surface area contributed by atoms with Gasteiger partial charge in [-0.15, -0.1) is 29.9 Å². The number of piperidine rings is 1. The Kier molecular flexibility index (Phi) is 11.3. The number of nitrogen functional groups attached to an aromatic ring is 1. The molecule has 37 heavy (non-hydrogen) atoms. The third-order valence-corrected chi connectivity index (χ3v) is 6.37. The zero-order valence-corrected chi connectivity index (χ0v) is 22.8. The van der Waals surface area contributed by atoms with Gasteiger partial charge in [0.15, 0.2) is 5.69 Å². The monoisotopic (exact) mass is 552 g/mol. The number of hydrogen-bond acceptors (Lipinski definition) is 10. The van der Waals surface area contributed by atoms with Gasteiger partial charge >= 0.3 is 0 Å². The van der Waals surface area contributed by atoms with Crippen molar-refractivity contribution < 1.29 is 9.42 Å². The van der Waals surface area contributed by atoms with Crippen molar-refractivity contribution in [3.8, 4) is 5.82 Å². The third kappa shape index (κ3) is 6.96. The van der Waals surface area contributed by atoms with Gasteiger partial charge in [-0.1, -0.05) is 23.8 Å². The van der Waals surface area contributed by atoms with Crippen LogP contribution in [0.15, 0.2) is 34.0 Å². The van der Waals surface area contributed by atoms with E-state index < -0.39 is 5.91 Å². The van der Waals surface area contributed by atoms with Crippen molar-refractivity contribution >= 4 is 48.4 Å². The van der Waals surface area contributed by atoms with Crippen LogP contribution >= 0.6 is 24.8 Å². The summed E-state index contributed by atoms with van der Waals surface area (Å²) in [6.07, 6.45) is 4.97. The Hall–Kier alpha value is -3.22. The molecule has 3 heterocycles. The molecule has 1 unspecified atom stereocenters. The van der Waals surface area contributed by atoms with Crippen LogP contribution in [-0.4, -0.2) is 68.0 Å². The molecule has 1 amide bonds. The number of rotatable bonds is 9. The lowest BCUT2D eigenvalue weighted by Gasteiger charge is -2.33. The molecule has 1 aromatic carbocycles. The molecule has 0 aliphatic carbocycles. The van der Waals surface area contributed by atoms with E-state index in [4.69, 9.17) is 10.4 Å². The summed E-state index contributed by atoms with van der Waals surface area (Å²) in [5.41, 5.74) is 11.2. The lowest BCUT2D eigenvalue weighted by atomic mass is 10.0. The standard InChI is InChI=1S/C23H32N10O2.2ClH/c1-4-31(5-2)18-11-9-17(10-12-18)14-25-27-23(34)20-19(15-32-13-7-6-8-16(32)3)33(30-26-20)22-21(24)28-35-29-22;;/h9-12,14,16H,4-8,13,15H2,1-3H3,(H2,24,28)(H,27,34);2*1H/b25-14-;;. The molecular formula is C23H34Cl2N10O2. The fourth-order valence-corrected chi connectivity index (χ4v) is 4.29. The first-order valence-corrected chi connectivity index (χ1v) is 12.0. The average Bonchev–Trinajstić information content (AvgIpc) is 3.48. The molecule has 3 aromatic rings. The van der Waals surface area contributed by atoms with Crippen LogP contribution < -0.4 is 16.1 Å². The average molecular weight is 553 g/mol. The highest BCUT2D eigenvalue weighted by Gasteiger charge is 2.28. The number of nitrogens with two attached hydrogens (primary N) is 1. The molecular weight excluding hydrogens is 519 g/mol. The largest absolute Gasteiger partial charge is 0.378 e. The molecule has 2 aromatic heterocycles. The SMILES string of the molecule is CCN(CC)c1ccc(/C=N\NC(=O)c2nnn(-c3nonc3N)c2CN2CCCCC2C)cc1.Cl.Cl. The van der Waals surface area contributed by atoms with Gasteiger partial charge in [0.25, 0.3) is 5.91 Å². The summed E-state index contributed by atoms with van der Waals surface area (Å²) < 4.78 is 6.15. The number of halogens is 2. The Labute approximate surface area is 228 Å². The molecule has 1 saturated heterocycles. The Bertz CT molecular complexity index is 1160. The first kappa shape index (κ1) is 30.0. The van der Waals surface area contributed by atoms with Crippen LogP contribution in [0.5, 0.6) is 0 Å². The molecule has 1 aliphatic heterocycles. The fourth-order valence-electron chi connectivity index (χ4n) is 4.29. The number of amides is 1. The van der Waals surface area contributed by atoms with Gasteiger partial charge in [-0.3, -0.25) is 9.69 Å². The Morgan fingerprint density at radius 1 is 1.22 bits per heavy atom. The number of anilines is 2. The van der Waals surface area contributed by atoms with E-state index in [2.05, 4.69) is 61.7 Å². The van der Waals surface area contributed by atoms with E-state index >= 15 is 0 Å². The number of benzene rings is 1. The van der Waals surface area contributed by atoms with Crippen molar-refractivity contribution in [2.45, 2.75) is 52.6 Å². The van der Waals surface area contributed by atoms with Crippen molar-refractivity contribution in [2.24, 2.45) is 5.10 Å². The lowest BCUT2D eigenvalue weighted by Crippen LogP contribution is -2.38. The van der Waals surface area contributed by atoms with Crippen molar-refractivity contribution in [1.29, 1.82) is 0 Å². The van der Waals surface area contributed by atoms with Gasteiger partial charge in [-0.25, -0.2) is 10.1 Å². The summed E-state index contributed by atoms with van der Waals surface area (Å²) in [4.78, 5) is 17.6. The second-order valence-electron chi connectivity index (χ2n) is 8.55. The minimum atomic E-state index is -0.470. The zero-order valence-electron chi connectivity index (χ0n) is 21.2. The predicted octanol–water partition coefficient (Wildman–Crippen LogP) is 3.06. The van der Waals surface area contributed by atoms with E-state index in [0.717, 1.165) is 43.7 Å². The van der Waals surface area contributed by atoms with Crippen molar-refractivity contribution in [1.82, 2.24) is 35.6 Å². The molecule has 0 spiro atoms.